The summed E-state index contributed by atoms with van der Waals surface area (Å²) in [7, 11) is 0. The van der Waals surface area contributed by atoms with Gasteiger partial charge in [0.2, 0.25) is 5.91 Å². The molecule has 0 bridgehead atoms. The van der Waals surface area contributed by atoms with Gasteiger partial charge >= 0.3 is 11.9 Å². The normalized spacial score (nSPS) is 36.6. The number of hydrogen-bond acceptors (Lipinski definition) is 6. The summed E-state index contributed by atoms with van der Waals surface area (Å²) in [4.78, 5) is 45.1. The maximum Gasteiger partial charge on any atom is 0.309 e. The molecule has 1 heterocycles. The molecule has 1 unspecified atom stereocenters. The lowest BCUT2D eigenvalue weighted by molar-refractivity contribution is -0.250. The third-order valence-electron chi connectivity index (χ3n) is 18.7. The van der Waals surface area contributed by atoms with Gasteiger partial charge in [-0.15, -0.1) is 0 Å². The fourth-order valence-corrected chi connectivity index (χ4v) is 15.1. The molecule has 1 aromatic rings. The number of carbonyl (C=O) groups is 3. The highest BCUT2D eigenvalue weighted by Gasteiger charge is 2.71. The minimum Gasteiger partial charge on any atom is -0.481 e. The number of hydrogen-bond donors (Lipinski definition) is 1. The van der Waals surface area contributed by atoms with Crippen molar-refractivity contribution in [2.24, 2.45) is 67.2 Å². The zero-order chi connectivity index (χ0) is 45.5. The minimum absolute atomic E-state index is 0.0407. The molecule has 1 saturated heterocycles. The molecule has 6 fully saturated rings. The van der Waals surface area contributed by atoms with Crippen molar-refractivity contribution in [2.45, 2.75) is 145 Å². The first kappa shape index (κ1) is 46.4. The Balaban J connectivity index is 1.06. The van der Waals surface area contributed by atoms with Gasteiger partial charge in [-0.2, -0.15) is 0 Å². The van der Waals surface area contributed by atoms with Crippen molar-refractivity contribution < 1.29 is 41.8 Å². The van der Waals surface area contributed by atoms with Crippen LogP contribution in [0, 0.1) is 85.3 Å². The van der Waals surface area contributed by atoms with E-state index in [1.54, 1.807) is 18.7 Å². The van der Waals surface area contributed by atoms with E-state index in [1.807, 2.05) is 4.90 Å². The van der Waals surface area contributed by atoms with Crippen LogP contribution in [0.1, 0.15) is 138 Å². The summed E-state index contributed by atoms with van der Waals surface area (Å²) in [6.45, 7) is 22.7. The SMILES string of the molecule is C=C(C)C1CC[C@]2(CC(=O)N3CCN(Cc4c(F)c(F)c(N=[N+]=[N-])c(F)c4F)CC3)CC[C@]3(C)[C@H](CC[C@@H]4[C@@]5(C)CC[C@H](OC(=O)CC(C)(C)C(=O)O)C(C)(C)[C@@H]5CC[C@]43C)[C@@H]12. The van der Waals surface area contributed by atoms with E-state index in [0.717, 1.165) is 64.2 Å². The first-order valence-electron chi connectivity index (χ1n) is 22.9. The molecule has 0 radical (unpaired) electrons. The number of carboxylic acids is 1. The van der Waals surface area contributed by atoms with E-state index in [0.29, 0.717) is 49.1 Å². The van der Waals surface area contributed by atoms with E-state index in [1.165, 1.54) is 5.57 Å². The number of rotatable bonds is 10. The second kappa shape index (κ2) is 16.1. The zero-order valence-electron chi connectivity index (χ0n) is 38.0. The number of benzene rings is 1. The Morgan fingerprint density at radius 2 is 1.50 bits per heavy atom. The Bertz CT molecular complexity index is 2040. The third-order valence-corrected chi connectivity index (χ3v) is 18.7. The Kier molecular flexibility index (Phi) is 12.0. The number of carboxylic acid groups (broad SMARTS) is 1. The van der Waals surface area contributed by atoms with Crippen LogP contribution in [0.4, 0.5) is 23.2 Å². The van der Waals surface area contributed by atoms with Gasteiger partial charge in [-0.25, -0.2) is 17.6 Å². The molecule has 6 aliphatic rings. The van der Waals surface area contributed by atoms with Crippen LogP contribution in [-0.4, -0.2) is 65.0 Å². The van der Waals surface area contributed by atoms with E-state index < -0.39 is 58.4 Å². The molecule has 0 aromatic heterocycles. The van der Waals surface area contributed by atoms with Gasteiger partial charge in [0, 0.05) is 55.0 Å². The largest absolute Gasteiger partial charge is 0.481 e. The molecule has 14 heteroatoms. The van der Waals surface area contributed by atoms with Gasteiger partial charge in [0.15, 0.2) is 23.3 Å². The lowest BCUT2D eigenvalue weighted by Crippen LogP contribution is -2.67. The highest BCUT2D eigenvalue weighted by molar-refractivity contribution is 5.81. The Morgan fingerprint density at radius 3 is 2.10 bits per heavy atom. The van der Waals surface area contributed by atoms with Crippen LogP contribution < -0.4 is 0 Å². The molecule has 5 saturated carbocycles. The maximum absolute atomic E-state index is 14.9. The number of ether oxygens (including phenoxy) is 1. The summed E-state index contributed by atoms with van der Waals surface area (Å²) in [6, 6.07) is 0. The van der Waals surface area contributed by atoms with E-state index in [9.17, 15) is 37.1 Å². The fourth-order valence-electron chi connectivity index (χ4n) is 15.1. The van der Waals surface area contributed by atoms with Crippen LogP contribution in [-0.2, 0) is 25.7 Å². The topological polar surface area (TPSA) is 136 Å². The molecule has 1 aliphatic heterocycles. The molecule has 1 aromatic carbocycles. The van der Waals surface area contributed by atoms with E-state index in [-0.39, 0.29) is 58.6 Å². The van der Waals surface area contributed by atoms with E-state index in [4.69, 9.17) is 10.3 Å². The van der Waals surface area contributed by atoms with Crippen LogP contribution in [0.3, 0.4) is 0 Å². The van der Waals surface area contributed by atoms with Crippen LogP contribution >= 0.6 is 0 Å². The predicted octanol–water partition coefficient (Wildman–Crippen LogP) is 11.3. The Morgan fingerprint density at radius 1 is 0.855 bits per heavy atom. The zero-order valence-corrected chi connectivity index (χ0v) is 38.0. The van der Waals surface area contributed by atoms with Crippen molar-refractivity contribution in [1.29, 1.82) is 0 Å². The monoisotopic (exact) mass is 870 g/mol. The summed E-state index contributed by atoms with van der Waals surface area (Å²) < 4.78 is 64.9. The standard InChI is InChI=1S/C48H67F4N5O5/c1-27(2)28-12-17-48(24-34(58)57-22-20-56(21-23-57)26-29-37(49)39(51)41(54-55-53)40(52)38(29)50)19-18-46(8)30(36(28)48)10-11-32-45(7)15-14-33(62-35(59)25-43(3,4)42(60)61)44(5,6)31(45)13-16-47(32,46)9/h28,30-33,36H,1,10-26H2,2-9H3,(H,60,61)/t28?,30-,31+,32-,33+,36-,45+,46-,47-,48-/m1/s1. The van der Waals surface area contributed by atoms with Crippen molar-refractivity contribution >= 4 is 23.5 Å². The van der Waals surface area contributed by atoms with Gasteiger partial charge in [-0.05, 0) is 142 Å². The molecule has 1 N–H and O–H groups in total. The first-order chi connectivity index (χ1) is 28.9. The maximum atomic E-state index is 14.9. The van der Waals surface area contributed by atoms with Gasteiger partial charge in [0.1, 0.15) is 11.8 Å². The molecule has 62 heavy (non-hydrogen) atoms. The van der Waals surface area contributed by atoms with Crippen molar-refractivity contribution in [1.82, 2.24) is 9.80 Å². The number of esters is 1. The lowest BCUT2D eigenvalue weighted by Gasteiger charge is -2.73. The number of allylic oxidation sites excluding steroid dienone is 1. The number of aliphatic carboxylic acids is 1. The average molecular weight is 870 g/mol. The van der Waals surface area contributed by atoms with Crippen LogP contribution in [0.25, 0.3) is 10.4 Å². The molecule has 5 aliphatic carbocycles. The minimum atomic E-state index is -1.73. The summed E-state index contributed by atoms with van der Waals surface area (Å²) in [5, 5.41) is 12.4. The van der Waals surface area contributed by atoms with E-state index >= 15 is 0 Å². The summed E-state index contributed by atoms with van der Waals surface area (Å²) in [5.41, 5.74) is 6.17. The molecule has 0 spiro atoms. The number of carbonyl (C=O) groups excluding carboxylic acids is 2. The molecule has 1 amide bonds. The number of fused-ring (bicyclic) bond motifs is 7. The van der Waals surface area contributed by atoms with Crippen molar-refractivity contribution in [3.8, 4) is 0 Å². The van der Waals surface area contributed by atoms with Crippen molar-refractivity contribution in [3.63, 3.8) is 0 Å². The summed E-state index contributed by atoms with van der Waals surface area (Å²) in [6.07, 6.45) is 9.97. The highest BCUT2D eigenvalue weighted by Crippen LogP contribution is 2.78. The summed E-state index contributed by atoms with van der Waals surface area (Å²) >= 11 is 0. The lowest BCUT2D eigenvalue weighted by atomic mass is 9.32. The molecule has 10 atom stereocenters. The second-order valence-electron chi connectivity index (χ2n) is 22.4. The second-order valence-corrected chi connectivity index (χ2v) is 22.4. The van der Waals surface area contributed by atoms with Gasteiger partial charge in [-0.1, -0.05) is 51.9 Å². The molecule has 7 rings (SSSR count). The van der Waals surface area contributed by atoms with Gasteiger partial charge in [-0.3, -0.25) is 19.3 Å². The smallest absolute Gasteiger partial charge is 0.309 e. The molecular weight excluding hydrogens is 803 g/mol. The summed E-state index contributed by atoms with van der Waals surface area (Å²) in [5.74, 6) is -6.15. The van der Waals surface area contributed by atoms with Gasteiger partial charge < -0.3 is 14.7 Å². The van der Waals surface area contributed by atoms with Gasteiger partial charge in [0.25, 0.3) is 0 Å². The van der Waals surface area contributed by atoms with Gasteiger partial charge in [0.05, 0.1) is 11.8 Å². The Labute approximate surface area is 364 Å². The number of nitrogens with zero attached hydrogens (tertiary/aromatic N) is 5. The quantitative estimate of drug-likeness (QED) is 0.0473. The average Bonchev–Trinajstić information content (AvgIpc) is 3.58. The highest BCUT2D eigenvalue weighted by atomic mass is 19.2. The van der Waals surface area contributed by atoms with Crippen LogP contribution in [0.5, 0.6) is 0 Å². The number of piperazine rings is 1. The first-order valence-corrected chi connectivity index (χ1v) is 22.9. The van der Waals surface area contributed by atoms with Crippen LogP contribution in [0.2, 0.25) is 0 Å². The number of halogens is 4. The predicted molar refractivity (Wildman–Crippen MR) is 226 cm³/mol. The third kappa shape index (κ3) is 7.25. The van der Waals surface area contributed by atoms with Crippen molar-refractivity contribution in [3.05, 3.63) is 51.4 Å². The van der Waals surface area contributed by atoms with Crippen LogP contribution in [0.15, 0.2) is 17.3 Å². The fraction of sp³-hybridized carbons (Fsp3) is 0.771. The number of azide groups is 1. The molecule has 10 nitrogen and oxygen atoms in total. The Hall–Kier alpha value is -3.64. The molecular formula is C48H67F4N5O5. The van der Waals surface area contributed by atoms with Crippen molar-refractivity contribution in [2.75, 3.05) is 26.2 Å². The number of amides is 1. The van der Waals surface area contributed by atoms with E-state index in [2.05, 4.69) is 58.1 Å². The molecule has 342 valence electrons.